The Balaban J connectivity index is 1.62. The third-order valence-electron chi connectivity index (χ3n) is 3.66. The van der Waals surface area contributed by atoms with E-state index >= 15 is 0 Å². The van der Waals surface area contributed by atoms with Gasteiger partial charge in [0, 0.05) is 32.5 Å². The number of aromatic nitrogens is 2. The lowest BCUT2D eigenvalue weighted by Crippen LogP contribution is -2.25. The Morgan fingerprint density at radius 3 is 3.15 bits per heavy atom. The van der Waals surface area contributed by atoms with Crippen LogP contribution < -0.4 is 10.6 Å². The molecule has 2 heterocycles. The molecule has 1 aromatic carbocycles. The maximum atomic E-state index is 4.98. The number of fused-ring (bicyclic) bond motifs is 1. The van der Waals surface area contributed by atoms with E-state index in [0.717, 1.165) is 38.3 Å². The van der Waals surface area contributed by atoms with Crippen LogP contribution in [0.25, 0.3) is 0 Å². The molecule has 5 heteroatoms. The molecule has 0 spiro atoms. The van der Waals surface area contributed by atoms with Gasteiger partial charge in [0.2, 0.25) is 5.89 Å². The number of hydrogen-bond acceptors (Lipinski definition) is 5. The first-order valence-electron chi connectivity index (χ1n) is 7.14. The number of aryl methyl sites for hydroxylation is 1. The minimum atomic E-state index is 0.397. The van der Waals surface area contributed by atoms with Crippen molar-refractivity contribution in [2.75, 3.05) is 13.1 Å². The van der Waals surface area contributed by atoms with Crippen molar-refractivity contribution in [2.45, 2.75) is 32.4 Å². The third kappa shape index (κ3) is 3.05. The monoisotopic (exact) mass is 272 g/mol. The summed E-state index contributed by atoms with van der Waals surface area (Å²) in [6.07, 6.45) is 1.89. The maximum Gasteiger partial charge on any atom is 0.223 e. The summed E-state index contributed by atoms with van der Waals surface area (Å²) >= 11 is 0. The van der Waals surface area contributed by atoms with Gasteiger partial charge in [0.15, 0.2) is 5.82 Å². The molecule has 1 aliphatic rings. The molecule has 0 amide bonds. The summed E-state index contributed by atoms with van der Waals surface area (Å²) in [5, 5.41) is 11.0. The van der Waals surface area contributed by atoms with Gasteiger partial charge in [0.1, 0.15) is 0 Å². The van der Waals surface area contributed by atoms with Gasteiger partial charge < -0.3 is 15.2 Å². The average molecular weight is 272 g/mol. The second-order valence-corrected chi connectivity index (χ2v) is 5.15. The van der Waals surface area contributed by atoms with Crippen molar-refractivity contribution >= 4 is 0 Å². The van der Waals surface area contributed by atoms with Crippen molar-refractivity contribution in [1.29, 1.82) is 0 Å². The molecule has 0 fully saturated rings. The van der Waals surface area contributed by atoms with Gasteiger partial charge in [-0.3, -0.25) is 0 Å². The van der Waals surface area contributed by atoms with Crippen LogP contribution in [-0.2, 0) is 13.0 Å². The minimum absolute atomic E-state index is 0.397. The lowest BCUT2D eigenvalue weighted by Gasteiger charge is -2.18. The molecule has 3 rings (SSSR count). The highest BCUT2D eigenvalue weighted by atomic mass is 16.5. The van der Waals surface area contributed by atoms with E-state index in [4.69, 9.17) is 4.52 Å². The number of nitrogens with one attached hydrogen (secondary N) is 2. The first-order valence-corrected chi connectivity index (χ1v) is 7.14. The van der Waals surface area contributed by atoms with E-state index in [1.54, 1.807) is 0 Å². The van der Waals surface area contributed by atoms with Crippen LogP contribution in [0.4, 0.5) is 0 Å². The van der Waals surface area contributed by atoms with Crippen LogP contribution in [0.2, 0.25) is 0 Å². The zero-order chi connectivity index (χ0) is 13.8. The normalized spacial score (nSPS) is 18.6. The number of nitrogens with zero attached hydrogens (tertiary/aromatic N) is 2. The molecule has 1 unspecified atom stereocenters. The van der Waals surface area contributed by atoms with E-state index in [2.05, 4.69) is 45.0 Å². The van der Waals surface area contributed by atoms with Gasteiger partial charge in [-0.25, -0.2) is 0 Å². The molecule has 20 heavy (non-hydrogen) atoms. The standard InChI is InChI=1S/C15H20N4O/c1-11-18-15(19-20-11)7-9-17-14-6-8-16-10-12-4-2-3-5-13(12)14/h2-5,14,16-17H,6-10H2,1H3. The molecular formula is C15H20N4O. The number of hydrogen-bond donors (Lipinski definition) is 2. The predicted molar refractivity (Wildman–Crippen MR) is 76.2 cm³/mol. The van der Waals surface area contributed by atoms with Crippen molar-refractivity contribution in [3.8, 4) is 0 Å². The van der Waals surface area contributed by atoms with Crippen LogP contribution in [-0.4, -0.2) is 23.2 Å². The Morgan fingerprint density at radius 1 is 1.40 bits per heavy atom. The molecule has 1 aromatic heterocycles. The van der Waals surface area contributed by atoms with Gasteiger partial charge in [-0.1, -0.05) is 29.4 Å². The van der Waals surface area contributed by atoms with Crippen molar-refractivity contribution in [3.63, 3.8) is 0 Å². The molecule has 5 nitrogen and oxygen atoms in total. The van der Waals surface area contributed by atoms with Gasteiger partial charge in [-0.05, 0) is 24.1 Å². The average Bonchev–Trinajstić information content (AvgIpc) is 2.76. The highest BCUT2D eigenvalue weighted by Crippen LogP contribution is 2.23. The molecular weight excluding hydrogens is 252 g/mol. The summed E-state index contributed by atoms with van der Waals surface area (Å²) in [7, 11) is 0. The summed E-state index contributed by atoms with van der Waals surface area (Å²) in [6, 6.07) is 9.03. The second-order valence-electron chi connectivity index (χ2n) is 5.15. The van der Waals surface area contributed by atoms with E-state index in [1.165, 1.54) is 11.1 Å². The molecule has 2 N–H and O–H groups in total. The van der Waals surface area contributed by atoms with Crippen LogP contribution in [0.15, 0.2) is 28.8 Å². The Hall–Kier alpha value is -1.72. The fraction of sp³-hybridized carbons (Fsp3) is 0.467. The molecule has 0 aliphatic carbocycles. The highest BCUT2D eigenvalue weighted by molar-refractivity contribution is 5.31. The number of benzene rings is 1. The van der Waals surface area contributed by atoms with E-state index in [1.807, 2.05) is 6.92 Å². The largest absolute Gasteiger partial charge is 0.340 e. The fourth-order valence-electron chi connectivity index (χ4n) is 2.67. The summed E-state index contributed by atoms with van der Waals surface area (Å²) in [4.78, 5) is 4.23. The minimum Gasteiger partial charge on any atom is -0.340 e. The lowest BCUT2D eigenvalue weighted by molar-refractivity contribution is 0.386. The molecule has 0 saturated carbocycles. The van der Waals surface area contributed by atoms with Gasteiger partial charge >= 0.3 is 0 Å². The van der Waals surface area contributed by atoms with Crippen LogP contribution in [0.1, 0.15) is 35.3 Å². The fourth-order valence-corrected chi connectivity index (χ4v) is 2.67. The quantitative estimate of drug-likeness (QED) is 0.887. The Bertz CT molecular complexity index is 567. The number of rotatable bonds is 4. The first-order chi connectivity index (χ1) is 9.83. The van der Waals surface area contributed by atoms with E-state index in [-0.39, 0.29) is 0 Å². The summed E-state index contributed by atoms with van der Waals surface area (Å²) in [6.45, 7) is 4.67. The molecule has 1 aliphatic heterocycles. The third-order valence-corrected chi connectivity index (χ3v) is 3.66. The van der Waals surface area contributed by atoms with Gasteiger partial charge in [-0.2, -0.15) is 4.98 Å². The van der Waals surface area contributed by atoms with Crippen molar-refractivity contribution < 1.29 is 4.52 Å². The van der Waals surface area contributed by atoms with Crippen molar-refractivity contribution in [1.82, 2.24) is 20.8 Å². The molecule has 106 valence electrons. The summed E-state index contributed by atoms with van der Waals surface area (Å²) in [5.41, 5.74) is 2.79. The molecule has 2 aromatic rings. The summed E-state index contributed by atoms with van der Waals surface area (Å²) in [5.74, 6) is 1.40. The van der Waals surface area contributed by atoms with E-state index < -0.39 is 0 Å². The molecule has 0 bridgehead atoms. The van der Waals surface area contributed by atoms with Crippen LogP contribution >= 0.6 is 0 Å². The zero-order valence-electron chi connectivity index (χ0n) is 11.7. The first kappa shape index (κ1) is 13.3. The second kappa shape index (κ2) is 6.15. The smallest absolute Gasteiger partial charge is 0.223 e. The molecule has 0 saturated heterocycles. The van der Waals surface area contributed by atoms with E-state index in [9.17, 15) is 0 Å². The van der Waals surface area contributed by atoms with Crippen LogP contribution in [0, 0.1) is 6.92 Å². The van der Waals surface area contributed by atoms with Crippen molar-refractivity contribution in [2.24, 2.45) is 0 Å². The molecule has 0 radical (unpaired) electrons. The van der Waals surface area contributed by atoms with Gasteiger partial charge in [0.25, 0.3) is 0 Å². The van der Waals surface area contributed by atoms with Crippen LogP contribution in [0.5, 0.6) is 0 Å². The van der Waals surface area contributed by atoms with Crippen LogP contribution in [0.3, 0.4) is 0 Å². The van der Waals surface area contributed by atoms with E-state index in [0.29, 0.717) is 11.9 Å². The Labute approximate surface area is 118 Å². The Kier molecular flexibility index (Phi) is 4.08. The highest BCUT2D eigenvalue weighted by Gasteiger charge is 2.17. The Morgan fingerprint density at radius 2 is 2.30 bits per heavy atom. The topological polar surface area (TPSA) is 63.0 Å². The maximum absolute atomic E-state index is 4.98. The SMILES string of the molecule is Cc1nc(CCNC2CCNCc3ccccc32)no1. The van der Waals surface area contributed by atoms with Gasteiger partial charge in [-0.15, -0.1) is 0 Å². The zero-order valence-corrected chi connectivity index (χ0v) is 11.7. The molecule has 1 atom stereocenters. The van der Waals surface area contributed by atoms with Gasteiger partial charge in [0.05, 0.1) is 0 Å². The summed E-state index contributed by atoms with van der Waals surface area (Å²) < 4.78 is 4.98. The lowest BCUT2D eigenvalue weighted by atomic mass is 9.99. The predicted octanol–water partition coefficient (Wildman–Crippen LogP) is 1.74. The van der Waals surface area contributed by atoms with Crippen molar-refractivity contribution in [3.05, 3.63) is 47.1 Å².